The molecule has 1 saturated heterocycles. The predicted octanol–water partition coefficient (Wildman–Crippen LogP) is 1.41. The summed E-state index contributed by atoms with van der Waals surface area (Å²) >= 11 is 0. The Bertz CT molecular complexity index is 453. The molecule has 1 aromatic rings. The Balaban J connectivity index is 1.82. The minimum atomic E-state index is -0.0616. The average Bonchev–Trinajstić information content (AvgIpc) is 2.80. The summed E-state index contributed by atoms with van der Waals surface area (Å²) in [7, 11) is 1.68. The monoisotopic (exact) mass is 308 g/mol. The Morgan fingerprint density at radius 2 is 2.09 bits per heavy atom. The molecule has 1 N–H and O–H groups in total. The summed E-state index contributed by atoms with van der Waals surface area (Å²) in [4.78, 5) is 18.8. The zero-order chi connectivity index (χ0) is 15.8. The number of rotatable bonds is 7. The van der Waals surface area contributed by atoms with E-state index >= 15 is 0 Å². The molecular formula is C16H28N4O2. The number of carbonyl (C=O) groups is 1. The third-order valence-corrected chi connectivity index (χ3v) is 4.35. The predicted molar refractivity (Wildman–Crippen MR) is 85.5 cm³/mol. The molecule has 2 rings (SSSR count). The van der Waals surface area contributed by atoms with E-state index < -0.39 is 0 Å². The Labute approximate surface area is 132 Å². The first kappa shape index (κ1) is 17.0. The first-order valence-electron chi connectivity index (χ1n) is 8.22. The normalized spacial score (nSPS) is 17.9. The Morgan fingerprint density at radius 1 is 1.36 bits per heavy atom. The van der Waals surface area contributed by atoms with E-state index in [2.05, 4.69) is 15.2 Å². The summed E-state index contributed by atoms with van der Waals surface area (Å²) in [5.41, 5.74) is 1.01. The third kappa shape index (κ3) is 4.81. The molecule has 0 saturated carbocycles. The number of carbonyl (C=O) groups excluding carboxylic acids is 1. The van der Waals surface area contributed by atoms with Crippen LogP contribution in [0.15, 0.2) is 12.5 Å². The van der Waals surface area contributed by atoms with Crippen LogP contribution in [0, 0.1) is 0 Å². The van der Waals surface area contributed by atoms with Gasteiger partial charge in [0, 0.05) is 19.9 Å². The van der Waals surface area contributed by atoms with Gasteiger partial charge in [-0.15, -0.1) is 0 Å². The van der Waals surface area contributed by atoms with E-state index in [9.17, 15) is 4.79 Å². The smallest absolute Gasteiger partial charge is 0.237 e. The van der Waals surface area contributed by atoms with Crippen molar-refractivity contribution < 1.29 is 9.53 Å². The molecule has 1 aliphatic rings. The third-order valence-electron chi connectivity index (χ3n) is 4.35. The number of imidazole rings is 1. The molecule has 0 radical (unpaired) electrons. The number of ether oxygens (including phenoxy) is 1. The lowest BCUT2D eigenvalue weighted by Gasteiger charge is -2.26. The number of nitrogens with one attached hydrogen (secondary N) is 1. The lowest BCUT2D eigenvalue weighted by molar-refractivity contribution is -0.126. The van der Waals surface area contributed by atoms with E-state index in [0.29, 0.717) is 13.2 Å². The van der Waals surface area contributed by atoms with E-state index in [1.54, 1.807) is 19.6 Å². The van der Waals surface area contributed by atoms with Crippen molar-refractivity contribution >= 4 is 5.91 Å². The van der Waals surface area contributed by atoms with Crippen molar-refractivity contribution in [3.8, 4) is 0 Å². The summed E-state index contributed by atoms with van der Waals surface area (Å²) in [5.74, 6) is 0.0985. The molecule has 1 fully saturated rings. The van der Waals surface area contributed by atoms with Gasteiger partial charge in [0.05, 0.1) is 31.2 Å². The zero-order valence-corrected chi connectivity index (χ0v) is 13.8. The molecule has 22 heavy (non-hydrogen) atoms. The van der Waals surface area contributed by atoms with Crippen LogP contribution < -0.4 is 5.32 Å². The van der Waals surface area contributed by atoms with E-state index in [0.717, 1.165) is 25.3 Å². The van der Waals surface area contributed by atoms with Gasteiger partial charge in [-0.2, -0.15) is 0 Å². The fourth-order valence-electron chi connectivity index (χ4n) is 2.86. The Kier molecular flexibility index (Phi) is 6.86. The lowest BCUT2D eigenvalue weighted by atomic mass is 10.2. The first-order valence-corrected chi connectivity index (χ1v) is 8.22. The van der Waals surface area contributed by atoms with Gasteiger partial charge in [-0.3, -0.25) is 9.69 Å². The maximum absolute atomic E-state index is 12.4. The largest absolute Gasteiger partial charge is 0.383 e. The van der Waals surface area contributed by atoms with Crippen LogP contribution >= 0.6 is 0 Å². The highest BCUT2D eigenvalue weighted by Crippen LogP contribution is 2.12. The lowest BCUT2D eigenvalue weighted by Crippen LogP contribution is -2.45. The molecule has 0 bridgehead atoms. The standard InChI is InChI=1S/C16H28N4O2/c1-14(19-7-5-3-4-6-8-19)16(21)18-12-15-11-17-13-20(15)9-10-22-2/h11,13-14H,3-10,12H2,1-2H3,(H,18,21)/t14-/m1/s1. The van der Waals surface area contributed by atoms with Crippen molar-refractivity contribution in [2.24, 2.45) is 0 Å². The Morgan fingerprint density at radius 3 is 2.77 bits per heavy atom. The van der Waals surface area contributed by atoms with Gasteiger partial charge in [0.2, 0.25) is 5.91 Å². The number of methoxy groups -OCH3 is 1. The highest BCUT2D eigenvalue weighted by atomic mass is 16.5. The highest BCUT2D eigenvalue weighted by Gasteiger charge is 2.21. The second-order valence-corrected chi connectivity index (χ2v) is 5.92. The second-order valence-electron chi connectivity index (χ2n) is 5.92. The highest BCUT2D eigenvalue weighted by molar-refractivity contribution is 5.81. The number of aromatic nitrogens is 2. The van der Waals surface area contributed by atoms with Gasteiger partial charge in [-0.05, 0) is 32.9 Å². The molecule has 1 amide bonds. The van der Waals surface area contributed by atoms with Gasteiger partial charge in [-0.1, -0.05) is 12.8 Å². The van der Waals surface area contributed by atoms with E-state index in [1.807, 2.05) is 11.5 Å². The van der Waals surface area contributed by atoms with Crippen LogP contribution in [0.2, 0.25) is 0 Å². The second kappa shape index (κ2) is 8.90. The number of hydrogen-bond acceptors (Lipinski definition) is 4. The fourth-order valence-corrected chi connectivity index (χ4v) is 2.86. The van der Waals surface area contributed by atoms with Crippen molar-refractivity contribution in [2.45, 2.75) is 51.7 Å². The molecule has 0 aliphatic carbocycles. The van der Waals surface area contributed by atoms with E-state index in [4.69, 9.17) is 4.74 Å². The van der Waals surface area contributed by atoms with Crippen LogP contribution in [0.5, 0.6) is 0 Å². The van der Waals surface area contributed by atoms with Gasteiger partial charge in [0.1, 0.15) is 0 Å². The van der Waals surface area contributed by atoms with Crippen molar-refractivity contribution in [1.82, 2.24) is 19.8 Å². The molecule has 0 spiro atoms. The van der Waals surface area contributed by atoms with Crippen LogP contribution in [0.4, 0.5) is 0 Å². The molecule has 1 aromatic heterocycles. The molecule has 6 nitrogen and oxygen atoms in total. The van der Waals surface area contributed by atoms with Crippen molar-refractivity contribution in [3.63, 3.8) is 0 Å². The SMILES string of the molecule is COCCn1cncc1CNC(=O)[C@@H](C)N1CCCCCC1. The van der Waals surface area contributed by atoms with Gasteiger partial charge in [-0.25, -0.2) is 4.98 Å². The quantitative estimate of drug-likeness (QED) is 0.827. The topological polar surface area (TPSA) is 59.4 Å². The first-order chi connectivity index (χ1) is 10.7. The van der Waals surface area contributed by atoms with E-state index in [-0.39, 0.29) is 11.9 Å². The maximum atomic E-state index is 12.4. The number of nitrogens with zero attached hydrogens (tertiary/aromatic N) is 3. The number of likely N-dealkylation sites (tertiary alicyclic amines) is 1. The minimum absolute atomic E-state index is 0.0616. The summed E-state index contributed by atoms with van der Waals surface area (Å²) < 4.78 is 7.10. The molecule has 1 atom stereocenters. The maximum Gasteiger partial charge on any atom is 0.237 e. The fraction of sp³-hybridized carbons (Fsp3) is 0.750. The summed E-state index contributed by atoms with van der Waals surface area (Å²) in [5, 5.41) is 3.04. The molecule has 0 unspecified atom stereocenters. The van der Waals surface area contributed by atoms with Crippen LogP contribution in [0.3, 0.4) is 0 Å². The molecule has 0 aromatic carbocycles. The molecule has 1 aliphatic heterocycles. The van der Waals surface area contributed by atoms with Crippen molar-refractivity contribution in [1.29, 1.82) is 0 Å². The van der Waals surface area contributed by atoms with Gasteiger partial charge < -0.3 is 14.6 Å². The Hall–Kier alpha value is -1.40. The minimum Gasteiger partial charge on any atom is -0.383 e. The van der Waals surface area contributed by atoms with Gasteiger partial charge in [0.15, 0.2) is 0 Å². The van der Waals surface area contributed by atoms with Crippen LogP contribution in [-0.2, 0) is 22.6 Å². The average molecular weight is 308 g/mol. The number of hydrogen-bond donors (Lipinski definition) is 1. The van der Waals surface area contributed by atoms with E-state index in [1.165, 1.54) is 25.7 Å². The van der Waals surface area contributed by atoms with Crippen LogP contribution in [0.25, 0.3) is 0 Å². The molecular weight excluding hydrogens is 280 g/mol. The zero-order valence-electron chi connectivity index (χ0n) is 13.8. The summed E-state index contributed by atoms with van der Waals surface area (Å²) in [6.45, 7) is 5.97. The van der Waals surface area contributed by atoms with Crippen LogP contribution in [0.1, 0.15) is 38.3 Å². The summed E-state index contributed by atoms with van der Waals surface area (Å²) in [6, 6.07) is -0.0616. The molecule has 2 heterocycles. The van der Waals surface area contributed by atoms with Crippen molar-refractivity contribution in [2.75, 3.05) is 26.8 Å². The van der Waals surface area contributed by atoms with Gasteiger partial charge in [0.25, 0.3) is 0 Å². The van der Waals surface area contributed by atoms with Gasteiger partial charge >= 0.3 is 0 Å². The molecule has 124 valence electrons. The summed E-state index contributed by atoms with van der Waals surface area (Å²) in [6.07, 6.45) is 8.53. The number of amides is 1. The van der Waals surface area contributed by atoms with Crippen molar-refractivity contribution in [3.05, 3.63) is 18.2 Å². The van der Waals surface area contributed by atoms with Crippen LogP contribution in [-0.4, -0.2) is 53.2 Å². The molecule has 6 heteroatoms.